The van der Waals surface area contributed by atoms with Gasteiger partial charge in [0.25, 0.3) is 0 Å². The Morgan fingerprint density at radius 3 is 1.86 bits per heavy atom. The van der Waals surface area contributed by atoms with E-state index in [0.717, 1.165) is 0 Å². The Morgan fingerprint density at radius 2 is 1.86 bits per heavy atom. The van der Waals surface area contributed by atoms with Crippen LogP contribution in [0.15, 0.2) is 12.2 Å². The normalized spacial score (nSPS) is 6.57. The molecule has 0 rings (SSSR count). The highest BCUT2D eigenvalue weighted by molar-refractivity contribution is 6.67. The van der Waals surface area contributed by atoms with Gasteiger partial charge in [-0.15, -0.1) is 0 Å². The molecule has 2 nitrogen and oxygen atoms in total. The van der Waals surface area contributed by atoms with Gasteiger partial charge in [-0.05, 0) is 18.5 Å². The topological polar surface area (TPSA) is 48.6 Å². The van der Waals surface area contributed by atoms with E-state index in [4.69, 9.17) is 11.6 Å². The molecule has 0 aromatic carbocycles. The van der Waals surface area contributed by atoms with Gasteiger partial charge in [0.05, 0.1) is 0 Å². The van der Waals surface area contributed by atoms with Crippen molar-refractivity contribution in [1.82, 2.24) is 0 Å². The summed E-state index contributed by atoms with van der Waals surface area (Å²) in [6, 6.07) is 0. The molecule has 0 aliphatic rings. The standard InChI is InChI=1S/C4H5ClO.H2O/c1-3(2)4(5)6;/h1H2,2H3;1H2. The van der Waals surface area contributed by atoms with E-state index < -0.39 is 5.24 Å². The van der Waals surface area contributed by atoms with Gasteiger partial charge in [-0.2, -0.15) is 0 Å². The zero-order valence-corrected chi connectivity index (χ0v) is 4.75. The third-order valence-corrected chi connectivity index (χ3v) is 0.658. The summed E-state index contributed by atoms with van der Waals surface area (Å²) in [4.78, 5) is 9.81. The molecule has 42 valence electrons. The van der Waals surface area contributed by atoms with Crippen LogP contribution in [0.2, 0.25) is 0 Å². The second kappa shape index (κ2) is 3.84. The molecule has 0 saturated heterocycles. The van der Waals surface area contributed by atoms with Crippen LogP contribution in [0, 0.1) is 0 Å². The first kappa shape index (κ1) is 9.83. The monoisotopic (exact) mass is 122 g/mol. The first-order valence-electron chi connectivity index (χ1n) is 1.50. The smallest absolute Gasteiger partial charge is 0.247 e. The SMILES string of the molecule is C=C(C)C(=O)Cl.O. The Hall–Kier alpha value is -0.340. The summed E-state index contributed by atoms with van der Waals surface area (Å²) < 4.78 is 0. The molecule has 0 saturated carbocycles. The highest BCUT2D eigenvalue weighted by Crippen LogP contribution is 1.91. The average molecular weight is 123 g/mol. The molecule has 0 radical (unpaired) electrons. The third-order valence-electron chi connectivity index (χ3n) is 0.336. The largest absolute Gasteiger partial charge is 0.412 e. The number of carbonyl (C=O) groups excluding carboxylic acids is 1. The fourth-order valence-electron chi connectivity index (χ4n) is 0. The second-order valence-electron chi connectivity index (χ2n) is 1.05. The van der Waals surface area contributed by atoms with E-state index in [9.17, 15) is 4.79 Å². The average Bonchev–Trinajstić information content (AvgIpc) is 1.36. The Bertz CT molecular complexity index is 75.7. The molecule has 7 heavy (non-hydrogen) atoms. The van der Waals surface area contributed by atoms with Crippen LogP contribution in [0.25, 0.3) is 0 Å². The van der Waals surface area contributed by atoms with Gasteiger partial charge in [0, 0.05) is 5.57 Å². The lowest BCUT2D eigenvalue weighted by Crippen LogP contribution is -1.81. The van der Waals surface area contributed by atoms with Crippen LogP contribution < -0.4 is 0 Å². The van der Waals surface area contributed by atoms with Crippen molar-refractivity contribution in [2.75, 3.05) is 0 Å². The van der Waals surface area contributed by atoms with E-state index in [2.05, 4.69) is 6.58 Å². The Balaban J connectivity index is 0. The molecular weight excluding hydrogens is 115 g/mol. The molecule has 0 bridgehead atoms. The first-order chi connectivity index (χ1) is 2.64. The lowest BCUT2D eigenvalue weighted by atomic mass is 10.4. The summed E-state index contributed by atoms with van der Waals surface area (Å²) >= 11 is 4.87. The zero-order chi connectivity index (χ0) is 5.15. The van der Waals surface area contributed by atoms with Crippen molar-refractivity contribution < 1.29 is 10.3 Å². The Labute approximate surface area is 47.1 Å². The van der Waals surface area contributed by atoms with Crippen molar-refractivity contribution in [3.05, 3.63) is 12.2 Å². The van der Waals surface area contributed by atoms with Gasteiger partial charge in [-0.3, -0.25) is 4.79 Å². The van der Waals surface area contributed by atoms with Gasteiger partial charge in [0.1, 0.15) is 0 Å². The van der Waals surface area contributed by atoms with Crippen molar-refractivity contribution in [1.29, 1.82) is 0 Å². The van der Waals surface area contributed by atoms with Gasteiger partial charge < -0.3 is 5.48 Å². The van der Waals surface area contributed by atoms with E-state index in [-0.39, 0.29) is 5.48 Å². The van der Waals surface area contributed by atoms with Crippen LogP contribution in [-0.4, -0.2) is 10.7 Å². The summed E-state index contributed by atoms with van der Waals surface area (Å²) in [5, 5.41) is -0.463. The number of rotatable bonds is 1. The van der Waals surface area contributed by atoms with Crippen LogP contribution in [0.4, 0.5) is 0 Å². The van der Waals surface area contributed by atoms with E-state index in [1.807, 2.05) is 0 Å². The summed E-state index contributed by atoms with van der Waals surface area (Å²) in [5.41, 5.74) is 0.386. The minimum atomic E-state index is -0.463. The van der Waals surface area contributed by atoms with E-state index in [1.54, 1.807) is 6.92 Å². The molecule has 0 unspecified atom stereocenters. The molecule has 0 atom stereocenters. The number of hydrogen-bond donors (Lipinski definition) is 0. The number of allylic oxidation sites excluding steroid dienone is 1. The summed E-state index contributed by atoms with van der Waals surface area (Å²) in [7, 11) is 0. The number of halogens is 1. The van der Waals surface area contributed by atoms with Crippen LogP contribution in [0.1, 0.15) is 6.92 Å². The van der Waals surface area contributed by atoms with Gasteiger partial charge in [0.15, 0.2) is 0 Å². The molecule has 0 heterocycles. The maximum absolute atomic E-state index is 9.81. The molecule has 3 heteroatoms. The minimum absolute atomic E-state index is 0. The van der Waals surface area contributed by atoms with Gasteiger partial charge >= 0.3 is 0 Å². The maximum Gasteiger partial charge on any atom is 0.247 e. The molecule has 0 aromatic rings. The van der Waals surface area contributed by atoms with Gasteiger partial charge in [-0.1, -0.05) is 6.58 Å². The predicted molar refractivity (Wildman–Crippen MR) is 29.3 cm³/mol. The van der Waals surface area contributed by atoms with E-state index >= 15 is 0 Å². The highest BCUT2D eigenvalue weighted by Gasteiger charge is 1.89. The van der Waals surface area contributed by atoms with Crippen LogP contribution >= 0.6 is 11.6 Å². The molecular formula is C4H7ClO2. The third kappa shape index (κ3) is 5.66. The first-order valence-corrected chi connectivity index (χ1v) is 1.87. The van der Waals surface area contributed by atoms with Crippen molar-refractivity contribution in [2.45, 2.75) is 6.92 Å². The highest BCUT2D eigenvalue weighted by atomic mass is 35.5. The molecule has 0 aliphatic carbocycles. The fourth-order valence-corrected chi connectivity index (χ4v) is 0. The van der Waals surface area contributed by atoms with Crippen molar-refractivity contribution in [3.63, 3.8) is 0 Å². The predicted octanol–water partition coefficient (Wildman–Crippen LogP) is 0.503. The summed E-state index contributed by atoms with van der Waals surface area (Å²) in [5.74, 6) is 0. The maximum atomic E-state index is 9.81. The summed E-state index contributed by atoms with van der Waals surface area (Å²) in [6.45, 7) is 4.84. The molecule has 0 aliphatic heterocycles. The van der Waals surface area contributed by atoms with Crippen molar-refractivity contribution >= 4 is 16.8 Å². The molecule has 2 N–H and O–H groups in total. The van der Waals surface area contributed by atoms with Crippen molar-refractivity contribution in [3.8, 4) is 0 Å². The van der Waals surface area contributed by atoms with Gasteiger partial charge in [0.2, 0.25) is 5.24 Å². The minimum Gasteiger partial charge on any atom is -0.412 e. The lowest BCUT2D eigenvalue weighted by molar-refractivity contribution is -0.108. The quantitative estimate of drug-likeness (QED) is 0.369. The van der Waals surface area contributed by atoms with Crippen LogP contribution in [-0.2, 0) is 4.79 Å². The molecule has 0 amide bonds. The molecule has 0 spiro atoms. The molecule has 0 aromatic heterocycles. The second-order valence-corrected chi connectivity index (χ2v) is 1.40. The number of hydrogen-bond acceptors (Lipinski definition) is 1. The van der Waals surface area contributed by atoms with E-state index in [0.29, 0.717) is 5.57 Å². The Kier molecular flexibility index (Phi) is 5.39. The van der Waals surface area contributed by atoms with Gasteiger partial charge in [-0.25, -0.2) is 0 Å². The van der Waals surface area contributed by atoms with Crippen LogP contribution in [0.3, 0.4) is 0 Å². The molecule has 0 fully saturated rings. The zero-order valence-electron chi connectivity index (χ0n) is 3.99. The van der Waals surface area contributed by atoms with Crippen molar-refractivity contribution in [2.24, 2.45) is 0 Å². The van der Waals surface area contributed by atoms with E-state index in [1.165, 1.54) is 0 Å². The summed E-state index contributed by atoms with van der Waals surface area (Å²) in [6.07, 6.45) is 0. The van der Waals surface area contributed by atoms with Crippen LogP contribution in [0.5, 0.6) is 0 Å². The number of carbonyl (C=O) groups is 1. The fraction of sp³-hybridized carbons (Fsp3) is 0.250. The Morgan fingerprint density at radius 1 is 1.71 bits per heavy atom. The lowest BCUT2D eigenvalue weighted by Gasteiger charge is -1.77.